The molecule has 1 heterocycles. The Morgan fingerprint density at radius 3 is 2.62 bits per heavy atom. The topological polar surface area (TPSA) is 74.2 Å². The summed E-state index contributed by atoms with van der Waals surface area (Å²) in [6.07, 6.45) is -4.07. The number of rotatable bonds is 6. The van der Waals surface area contributed by atoms with E-state index in [1.807, 2.05) is 6.07 Å². The van der Waals surface area contributed by atoms with Crippen LogP contribution in [-0.2, 0) is 6.54 Å². The predicted octanol–water partition coefficient (Wildman–Crippen LogP) is 2.35. The van der Waals surface area contributed by atoms with E-state index in [-0.39, 0.29) is 5.56 Å². The van der Waals surface area contributed by atoms with Crippen LogP contribution in [0.4, 0.5) is 18.9 Å². The molecule has 0 unspecified atom stereocenters. The van der Waals surface area contributed by atoms with Crippen molar-refractivity contribution in [3.8, 4) is 0 Å². The van der Waals surface area contributed by atoms with Gasteiger partial charge in [-0.25, -0.2) is 0 Å². The number of aliphatic hydroxyl groups excluding tert-OH is 1. The highest BCUT2D eigenvalue weighted by atomic mass is 19.4. The minimum absolute atomic E-state index is 0.191. The van der Waals surface area contributed by atoms with Gasteiger partial charge in [-0.15, -0.1) is 0 Å². The molecule has 1 atom stereocenters. The van der Waals surface area contributed by atoms with E-state index in [4.69, 9.17) is 5.11 Å². The van der Waals surface area contributed by atoms with Gasteiger partial charge in [0.1, 0.15) is 0 Å². The van der Waals surface area contributed by atoms with E-state index in [9.17, 15) is 18.0 Å². The molecule has 2 rings (SSSR count). The summed E-state index contributed by atoms with van der Waals surface area (Å²) >= 11 is 0. The summed E-state index contributed by atoms with van der Waals surface area (Å²) in [6.45, 7) is -0.497. The third kappa shape index (κ3) is 4.95. The van der Waals surface area contributed by atoms with Crippen LogP contribution in [0.25, 0.3) is 0 Å². The Labute approximate surface area is 136 Å². The van der Waals surface area contributed by atoms with Crippen molar-refractivity contribution in [2.24, 2.45) is 0 Å². The van der Waals surface area contributed by atoms with Gasteiger partial charge in [-0.3, -0.25) is 9.78 Å². The van der Waals surface area contributed by atoms with Crippen LogP contribution < -0.4 is 10.6 Å². The van der Waals surface area contributed by atoms with E-state index < -0.39 is 24.7 Å². The van der Waals surface area contributed by atoms with Crippen LogP contribution in [0, 0.1) is 0 Å². The molecule has 8 heteroatoms. The smallest absolute Gasteiger partial charge is 0.382 e. The number of benzene rings is 1. The molecule has 1 amide bonds. The van der Waals surface area contributed by atoms with Crippen LogP contribution in [0.15, 0.2) is 48.8 Å². The largest absolute Gasteiger partial charge is 0.416 e. The second kappa shape index (κ2) is 7.78. The van der Waals surface area contributed by atoms with Crippen LogP contribution in [0.3, 0.4) is 0 Å². The molecule has 128 valence electrons. The van der Waals surface area contributed by atoms with Gasteiger partial charge in [0.2, 0.25) is 0 Å². The lowest BCUT2D eigenvalue weighted by Gasteiger charge is -2.16. The number of alkyl halides is 3. The summed E-state index contributed by atoms with van der Waals surface area (Å²) < 4.78 is 36.8. The van der Waals surface area contributed by atoms with Gasteiger partial charge < -0.3 is 15.7 Å². The van der Waals surface area contributed by atoms with Gasteiger partial charge in [0, 0.05) is 24.6 Å². The fraction of sp³-hybridized carbons (Fsp3) is 0.250. The molecule has 0 fully saturated rings. The molecule has 0 aliphatic heterocycles. The number of amides is 1. The molecule has 0 aliphatic rings. The Bertz CT molecular complexity index is 678. The molecule has 24 heavy (non-hydrogen) atoms. The van der Waals surface area contributed by atoms with Crippen molar-refractivity contribution in [3.63, 3.8) is 0 Å². The molecule has 0 saturated carbocycles. The molecular weight excluding hydrogens is 323 g/mol. The number of carbonyl (C=O) groups is 1. The Morgan fingerprint density at radius 2 is 1.96 bits per heavy atom. The number of aromatic nitrogens is 1. The zero-order valence-corrected chi connectivity index (χ0v) is 12.5. The first-order valence-corrected chi connectivity index (χ1v) is 7.12. The molecule has 0 spiro atoms. The number of pyridine rings is 1. The fourth-order valence-corrected chi connectivity index (χ4v) is 1.94. The van der Waals surface area contributed by atoms with Gasteiger partial charge in [0.15, 0.2) is 6.10 Å². The second-order valence-electron chi connectivity index (χ2n) is 5.03. The molecule has 1 aromatic heterocycles. The maximum Gasteiger partial charge on any atom is 0.416 e. The van der Waals surface area contributed by atoms with Crippen LogP contribution in [-0.4, -0.2) is 34.8 Å². The predicted molar refractivity (Wildman–Crippen MR) is 82.4 cm³/mol. The number of nitrogens with zero attached hydrogens (tertiary/aromatic N) is 1. The molecule has 3 N–H and O–H groups in total. The van der Waals surface area contributed by atoms with E-state index in [2.05, 4.69) is 15.6 Å². The lowest BCUT2D eigenvalue weighted by molar-refractivity contribution is -0.201. The lowest BCUT2D eigenvalue weighted by atomic mass is 10.1. The fourth-order valence-electron chi connectivity index (χ4n) is 1.94. The quantitative estimate of drug-likeness (QED) is 0.755. The van der Waals surface area contributed by atoms with Crippen molar-refractivity contribution in [2.75, 3.05) is 11.9 Å². The van der Waals surface area contributed by atoms with Gasteiger partial charge in [-0.2, -0.15) is 13.2 Å². The maximum absolute atomic E-state index is 12.3. The summed E-state index contributed by atoms with van der Waals surface area (Å²) in [4.78, 5) is 16.0. The first-order valence-electron chi connectivity index (χ1n) is 7.12. The van der Waals surface area contributed by atoms with E-state index in [1.54, 1.807) is 36.7 Å². The molecule has 0 radical (unpaired) electrons. The van der Waals surface area contributed by atoms with Crippen molar-refractivity contribution in [2.45, 2.75) is 18.8 Å². The highest BCUT2D eigenvalue weighted by Gasteiger charge is 2.38. The molecular formula is C16H16F3N3O2. The van der Waals surface area contributed by atoms with Gasteiger partial charge in [-0.05, 0) is 23.8 Å². The highest BCUT2D eigenvalue weighted by Crippen LogP contribution is 2.20. The monoisotopic (exact) mass is 339 g/mol. The molecule has 1 aromatic carbocycles. The number of anilines is 1. The number of aliphatic hydroxyl groups is 1. The standard InChI is InChI=1S/C16H16F3N3O2/c17-16(18,19)14(23)10-22-15(24)12-5-1-2-6-13(12)21-9-11-4-3-7-20-8-11/h1-8,14,21,23H,9-10H2,(H,22,24)/t14-/m1/s1. The van der Waals surface area contributed by atoms with E-state index in [0.29, 0.717) is 12.2 Å². The Morgan fingerprint density at radius 1 is 1.21 bits per heavy atom. The van der Waals surface area contributed by atoms with Gasteiger partial charge in [-0.1, -0.05) is 18.2 Å². The number of halogens is 3. The molecule has 0 saturated heterocycles. The van der Waals surface area contributed by atoms with Crippen LogP contribution in [0.2, 0.25) is 0 Å². The van der Waals surface area contributed by atoms with Crippen molar-refractivity contribution in [1.82, 2.24) is 10.3 Å². The Hall–Kier alpha value is -2.61. The summed E-state index contributed by atoms with van der Waals surface area (Å²) in [7, 11) is 0. The zero-order chi connectivity index (χ0) is 17.6. The van der Waals surface area contributed by atoms with Crippen molar-refractivity contribution in [1.29, 1.82) is 0 Å². The SMILES string of the molecule is O=C(NC[C@@H](O)C(F)(F)F)c1ccccc1NCc1cccnc1. The zero-order valence-electron chi connectivity index (χ0n) is 12.5. The average Bonchev–Trinajstić information content (AvgIpc) is 2.58. The number of hydrogen-bond donors (Lipinski definition) is 3. The van der Waals surface area contributed by atoms with E-state index in [0.717, 1.165) is 5.56 Å². The normalized spacial score (nSPS) is 12.5. The minimum Gasteiger partial charge on any atom is -0.382 e. The summed E-state index contributed by atoms with van der Waals surface area (Å²) in [5.41, 5.74) is 1.55. The van der Waals surface area contributed by atoms with Gasteiger partial charge >= 0.3 is 6.18 Å². The first-order chi connectivity index (χ1) is 11.4. The summed E-state index contributed by atoms with van der Waals surface area (Å²) in [5.74, 6) is -0.701. The highest BCUT2D eigenvalue weighted by molar-refractivity contribution is 5.99. The summed E-state index contributed by atoms with van der Waals surface area (Å²) in [6, 6.07) is 10.1. The second-order valence-corrected chi connectivity index (χ2v) is 5.03. The van der Waals surface area contributed by atoms with Crippen LogP contribution in [0.1, 0.15) is 15.9 Å². The number of nitrogens with one attached hydrogen (secondary N) is 2. The number of para-hydroxylation sites is 1. The van der Waals surface area contributed by atoms with Gasteiger partial charge in [0.05, 0.1) is 12.1 Å². The molecule has 2 aromatic rings. The Kier molecular flexibility index (Phi) is 5.75. The third-order valence-corrected chi connectivity index (χ3v) is 3.21. The van der Waals surface area contributed by atoms with E-state index >= 15 is 0 Å². The minimum atomic E-state index is -4.77. The van der Waals surface area contributed by atoms with Crippen molar-refractivity contribution < 1.29 is 23.1 Å². The average molecular weight is 339 g/mol. The van der Waals surface area contributed by atoms with Crippen molar-refractivity contribution in [3.05, 3.63) is 59.9 Å². The lowest BCUT2D eigenvalue weighted by Crippen LogP contribution is -2.40. The molecule has 5 nitrogen and oxygen atoms in total. The molecule has 0 aliphatic carbocycles. The maximum atomic E-state index is 12.3. The number of carbonyl (C=O) groups excluding carboxylic acids is 1. The number of hydrogen-bond acceptors (Lipinski definition) is 4. The van der Waals surface area contributed by atoms with Crippen LogP contribution >= 0.6 is 0 Å². The Balaban J connectivity index is 2.01. The first kappa shape index (κ1) is 17.7. The van der Waals surface area contributed by atoms with Gasteiger partial charge in [0.25, 0.3) is 5.91 Å². The summed E-state index contributed by atoms with van der Waals surface area (Å²) in [5, 5.41) is 14.1. The van der Waals surface area contributed by atoms with E-state index in [1.165, 1.54) is 6.07 Å². The molecule has 0 bridgehead atoms. The van der Waals surface area contributed by atoms with Crippen molar-refractivity contribution >= 4 is 11.6 Å². The third-order valence-electron chi connectivity index (χ3n) is 3.21. The van der Waals surface area contributed by atoms with Crippen LogP contribution in [0.5, 0.6) is 0 Å².